The first-order valence-electron chi connectivity index (χ1n) is 6.75. The summed E-state index contributed by atoms with van der Waals surface area (Å²) in [5.41, 5.74) is 0.885. The summed E-state index contributed by atoms with van der Waals surface area (Å²) in [6.07, 6.45) is 1.33. The van der Waals surface area contributed by atoms with Crippen LogP contribution in [0.5, 0.6) is 0 Å². The Hall–Kier alpha value is -1.96. The van der Waals surface area contributed by atoms with Gasteiger partial charge in [0, 0.05) is 30.5 Å². The number of amides is 3. The minimum atomic E-state index is -0.638. The lowest BCUT2D eigenvalue weighted by Gasteiger charge is -2.21. The highest BCUT2D eigenvalue weighted by Crippen LogP contribution is 2.06. The van der Waals surface area contributed by atoms with Crippen LogP contribution in [-0.2, 0) is 20.9 Å². The fraction of sp³-hybridized carbons (Fsp3) is 0.538. The molecule has 1 aliphatic rings. The van der Waals surface area contributed by atoms with Gasteiger partial charge in [-0.15, -0.1) is 0 Å². The number of rotatable bonds is 5. The van der Waals surface area contributed by atoms with Gasteiger partial charge in [0.15, 0.2) is 0 Å². The highest BCUT2D eigenvalue weighted by Gasteiger charge is 2.27. The predicted molar refractivity (Wildman–Crippen MR) is 76.9 cm³/mol. The molecule has 0 aliphatic carbocycles. The summed E-state index contributed by atoms with van der Waals surface area (Å²) in [7, 11) is 0. The van der Waals surface area contributed by atoms with Crippen molar-refractivity contribution in [2.24, 2.45) is 0 Å². The zero-order chi connectivity index (χ0) is 15.4. The van der Waals surface area contributed by atoms with E-state index in [1.54, 1.807) is 9.95 Å². The molecule has 1 aliphatic heterocycles. The second-order valence-electron chi connectivity index (χ2n) is 4.97. The van der Waals surface area contributed by atoms with Crippen molar-refractivity contribution in [3.8, 4) is 0 Å². The second-order valence-corrected chi connectivity index (χ2v) is 5.79. The molecule has 1 fully saturated rings. The maximum atomic E-state index is 11.8. The van der Waals surface area contributed by atoms with Crippen molar-refractivity contribution in [3.05, 3.63) is 20.7 Å². The smallest absolute Gasteiger partial charge is 0.307 e. The molecule has 0 radical (unpaired) electrons. The molecule has 0 bridgehead atoms. The van der Waals surface area contributed by atoms with Gasteiger partial charge in [0.2, 0.25) is 17.7 Å². The molecule has 2 N–H and O–H groups in total. The highest BCUT2D eigenvalue weighted by molar-refractivity contribution is 7.07. The van der Waals surface area contributed by atoms with Crippen LogP contribution in [0.15, 0.2) is 10.2 Å². The Balaban J connectivity index is 1.76. The van der Waals surface area contributed by atoms with E-state index in [2.05, 4.69) is 10.6 Å². The normalized spacial score (nSPS) is 18.4. The van der Waals surface area contributed by atoms with E-state index in [-0.39, 0.29) is 29.5 Å². The first kappa shape index (κ1) is 15.4. The summed E-state index contributed by atoms with van der Waals surface area (Å²) >= 11 is 1.14. The summed E-state index contributed by atoms with van der Waals surface area (Å²) in [5.74, 6) is -1.01. The van der Waals surface area contributed by atoms with Crippen molar-refractivity contribution in [1.29, 1.82) is 0 Å². The zero-order valence-corrected chi connectivity index (χ0v) is 12.5. The third-order valence-corrected chi connectivity index (χ3v) is 4.22. The Morgan fingerprint density at radius 2 is 2.24 bits per heavy atom. The molecule has 1 aromatic heterocycles. The fourth-order valence-corrected chi connectivity index (χ4v) is 2.93. The Kier molecular flexibility index (Phi) is 4.89. The maximum absolute atomic E-state index is 11.8. The monoisotopic (exact) mass is 311 g/mol. The molecule has 3 amide bonds. The number of piperidine rings is 1. The highest BCUT2D eigenvalue weighted by atomic mass is 32.1. The first-order valence-corrected chi connectivity index (χ1v) is 7.63. The van der Waals surface area contributed by atoms with E-state index in [0.717, 1.165) is 17.0 Å². The van der Waals surface area contributed by atoms with Crippen LogP contribution in [0.25, 0.3) is 0 Å². The van der Waals surface area contributed by atoms with Crippen LogP contribution in [-0.4, -0.2) is 28.3 Å². The molecule has 1 atom stereocenters. The zero-order valence-electron chi connectivity index (χ0n) is 11.7. The predicted octanol–water partition coefficient (Wildman–Crippen LogP) is -0.0802. The summed E-state index contributed by atoms with van der Waals surface area (Å²) < 4.78 is 1.63. The molecule has 114 valence electrons. The van der Waals surface area contributed by atoms with Gasteiger partial charge in [-0.2, -0.15) is 0 Å². The van der Waals surface area contributed by atoms with Crippen molar-refractivity contribution >= 4 is 29.1 Å². The van der Waals surface area contributed by atoms with E-state index < -0.39 is 11.9 Å². The Morgan fingerprint density at radius 1 is 1.48 bits per heavy atom. The van der Waals surface area contributed by atoms with E-state index in [0.29, 0.717) is 19.4 Å². The Bertz CT molecular complexity index is 619. The van der Waals surface area contributed by atoms with Crippen LogP contribution in [0, 0.1) is 6.92 Å². The second kappa shape index (κ2) is 6.66. The van der Waals surface area contributed by atoms with Gasteiger partial charge in [-0.05, 0) is 19.8 Å². The van der Waals surface area contributed by atoms with Gasteiger partial charge in [0.05, 0.1) is 0 Å². The number of thiazole rings is 1. The molecule has 1 saturated heterocycles. The molecule has 0 spiro atoms. The number of nitrogens with zero attached hydrogens (tertiary/aromatic N) is 1. The Morgan fingerprint density at radius 3 is 2.86 bits per heavy atom. The number of carbonyl (C=O) groups is 3. The molecule has 2 rings (SSSR count). The van der Waals surface area contributed by atoms with Crippen LogP contribution < -0.4 is 15.5 Å². The number of aromatic nitrogens is 1. The molecular formula is C13H17N3O4S. The Labute approximate surface area is 125 Å². The third-order valence-electron chi connectivity index (χ3n) is 3.34. The van der Waals surface area contributed by atoms with Gasteiger partial charge < -0.3 is 9.88 Å². The lowest BCUT2D eigenvalue weighted by atomic mass is 10.1. The quantitative estimate of drug-likeness (QED) is 0.743. The van der Waals surface area contributed by atoms with Crippen LogP contribution in [0.1, 0.15) is 31.4 Å². The van der Waals surface area contributed by atoms with Gasteiger partial charge in [-0.25, -0.2) is 0 Å². The summed E-state index contributed by atoms with van der Waals surface area (Å²) in [4.78, 5) is 45.7. The number of imide groups is 1. The third kappa shape index (κ3) is 4.01. The van der Waals surface area contributed by atoms with Gasteiger partial charge in [0.25, 0.3) is 0 Å². The summed E-state index contributed by atoms with van der Waals surface area (Å²) in [6, 6.07) is -0.638. The molecule has 0 aromatic carbocycles. The standard InChI is InChI=1S/C13H17N3O4S/c1-8-7-21-13(20)16(8)6-2-3-10(17)14-9-4-5-11(18)15-12(9)19/h7,9H,2-6H2,1H3,(H,14,17)(H,15,18,19). The van der Waals surface area contributed by atoms with Crippen LogP contribution in [0.3, 0.4) is 0 Å². The molecule has 7 nitrogen and oxygen atoms in total. The fourth-order valence-electron chi connectivity index (χ4n) is 2.17. The van der Waals surface area contributed by atoms with Crippen molar-refractivity contribution in [1.82, 2.24) is 15.2 Å². The minimum Gasteiger partial charge on any atom is -0.344 e. The number of nitrogens with one attached hydrogen (secondary N) is 2. The largest absolute Gasteiger partial charge is 0.344 e. The number of hydrogen-bond donors (Lipinski definition) is 2. The summed E-state index contributed by atoms with van der Waals surface area (Å²) in [6.45, 7) is 2.33. The van der Waals surface area contributed by atoms with Crippen LogP contribution >= 0.6 is 11.3 Å². The maximum Gasteiger partial charge on any atom is 0.307 e. The SMILES string of the molecule is Cc1csc(=O)n1CCCC(=O)NC1CCC(=O)NC1=O. The average molecular weight is 311 g/mol. The van der Waals surface area contributed by atoms with E-state index >= 15 is 0 Å². The topological polar surface area (TPSA) is 97.3 Å². The lowest BCUT2D eigenvalue weighted by molar-refractivity contribution is -0.137. The van der Waals surface area contributed by atoms with Crippen LogP contribution in [0.4, 0.5) is 0 Å². The molecular weight excluding hydrogens is 294 g/mol. The number of aryl methyl sites for hydroxylation is 1. The van der Waals surface area contributed by atoms with Gasteiger partial charge in [-0.1, -0.05) is 11.3 Å². The molecule has 21 heavy (non-hydrogen) atoms. The van der Waals surface area contributed by atoms with Gasteiger partial charge in [0.1, 0.15) is 6.04 Å². The van der Waals surface area contributed by atoms with Gasteiger partial charge >= 0.3 is 4.87 Å². The molecule has 1 aromatic rings. The van der Waals surface area contributed by atoms with Crippen molar-refractivity contribution in [2.45, 2.75) is 45.2 Å². The molecule has 1 unspecified atom stereocenters. The van der Waals surface area contributed by atoms with E-state index in [1.807, 2.05) is 6.92 Å². The molecule has 2 heterocycles. The number of carbonyl (C=O) groups excluding carboxylic acids is 3. The van der Waals surface area contributed by atoms with Crippen molar-refractivity contribution < 1.29 is 14.4 Å². The number of hydrogen-bond acceptors (Lipinski definition) is 5. The first-order chi connectivity index (χ1) is 9.97. The van der Waals surface area contributed by atoms with E-state index in [4.69, 9.17) is 0 Å². The summed E-state index contributed by atoms with van der Waals surface area (Å²) in [5, 5.41) is 6.59. The van der Waals surface area contributed by atoms with Crippen molar-refractivity contribution in [3.63, 3.8) is 0 Å². The van der Waals surface area contributed by atoms with E-state index in [1.165, 1.54) is 0 Å². The average Bonchev–Trinajstić information content (AvgIpc) is 2.74. The van der Waals surface area contributed by atoms with Crippen LogP contribution in [0.2, 0.25) is 0 Å². The van der Waals surface area contributed by atoms with E-state index in [9.17, 15) is 19.2 Å². The molecule has 0 saturated carbocycles. The van der Waals surface area contributed by atoms with Crippen molar-refractivity contribution in [2.75, 3.05) is 0 Å². The minimum absolute atomic E-state index is 0.0296. The lowest BCUT2D eigenvalue weighted by Crippen LogP contribution is -2.52. The van der Waals surface area contributed by atoms with Gasteiger partial charge in [-0.3, -0.25) is 24.5 Å². The molecule has 8 heteroatoms.